The van der Waals surface area contributed by atoms with Gasteiger partial charge in [-0.1, -0.05) is 11.3 Å². The first-order valence-corrected chi connectivity index (χ1v) is 15.1. The third-order valence-electron chi connectivity index (χ3n) is 6.98. The standard InChI is InChI=1S/C26H33N5O6S2/c1-35-21-7-8-22(36-2)24-23(21)28-26(38-24)30-13-11-29(12-14-30)10-9-27-25(32)19-3-5-20(6-4-19)39(33,34)31-15-17-37-18-16-31/h3-8H,9-18H2,1-2H3,(H,27,32). The molecular formula is C26H33N5O6S2. The zero-order valence-electron chi connectivity index (χ0n) is 22.1. The van der Waals surface area contributed by atoms with Crippen molar-refractivity contribution >= 4 is 42.6 Å². The van der Waals surface area contributed by atoms with Gasteiger partial charge in [-0.15, -0.1) is 0 Å². The SMILES string of the molecule is COc1ccc(OC)c2sc(N3CCN(CCNC(=O)c4ccc(S(=O)(=O)N5CCOCC5)cc4)CC3)nc12. The van der Waals surface area contributed by atoms with Gasteiger partial charge in [0.15, 0.2) is 5.13 Å². The normalized spacial score (nSPS) is 17.3. The van der Waals surface area contributed by atoms with Crippen LogP contribution in [-0.4, -0.2) is 108 Å². The fourth-order valence-corrected chi connectivity index (χ4v) is 7.25. The monoisotopic (exact) mass is 575 g/mol. The first-order chi connectivity index (χ1) is 18.9. The fourth-order valence-electron chi connectivity index (χ4n) is 4.72. The number of nitrogens with one attached hydrogen (secondary N) is 1. The van der Waals surface area contributed by atoms with E-state index in [-0.39, 0.29) is 10.8 Å². The minimum Gasteiger partial charge on any atom is -0.495 e. The van der Waals surface area contributed by atoms with E-state index in [0.717, 1.165) is 59.6 Å². The van der Waals surface area contributed by atoms with Crippen LogP contribution in [-0.2, 0) is 14.8 Å². The molecule has 1 N–H and O–H groups in total. The minimum absolute atomic E-state index is 0.184. The van der Waals surface area contributed by atoms with Crippen LogP contribution in [0.4, 0.5) is 5.13 Å². The highest BCUT2D eigenvalue weighted by Crippen LogP contribution is 2.40. The molecule has 0 saturated carbocycles. The number of hydrogen-bond acceptors (Lipinski definition) is 10. The van der Waals surface area contributed by atoms with Crippen LogP contribution in [0, 0.1) is 0 Å². The average molecular weight is 576 g/mol. The molecule has 2 aliphatic rings. The maximum atomic E-state index is 12.8. The van der Waals surface area contributed by atoms with Crippen LogP contribution < -0.4 is 19.7 Å². The first kappa shape index (κ1) is 27.6. The summed E-state index contributed by atoms with van der Waals surface area (Å²) < 4.78 is 44.2. The van der Waals surface area contributed by atoms with Crippen LogP contribution in [0.25, 0.3) is 10.2 Å². The number of aromatic nitrogens is 1. The van der Waals surface area contributed by atoms with E-state index in [0.29, 0.717) is 38.4 Å². The Morgan fingerprint density at radius 3 is 2.31 bits per heavy atom. The molecule has 39 heavy (non-hydrogen) atoms. The van der Waals surface area contributed by atoms with Crippen LogP contribution in [0.1, 0.15) is 10.4 Å². The van der Waals surface area contributed by atoms with Gasteiger partial charge in [0.25, 0.3) is 5.91 Å². The number of fused-ring (bicyclic) bond motifs is 1. The number of anilines is 1. The van der Waals surface area contributed by atoms with Gasteiger partial charge in [0, 0.05) is 57.9 Å². The number of morpholine rings is 1. The number of carbonyl (C=O) groups excluding carboxylic acids is 1. The summed E-state index contributed by atoms with van der Waals surface area (Å²) in [5.74, 6) is 1.30. The van der Waals surface area contributed by atoms with Crippen LogP contribution in [0.5, 0.6) is 11.5 Å². The third kappa shape index (κ3) is 5.97. The molecule has 2 saturated heterocycles. The number of carbonyl (C=O) groups is 1. The van der Waals surface area contributed by atoms with Gasteiger partial charge in [-0.05, 0) is 36.4 Å². The molecule has 5 rings (SSSR count). The summed E-state index contributed by atoms with van der Waals surface area (Å²) in [4.78, 5) is 22.2. The molecule has 3 aromatic rings. The molecule has 13 heteroatoms. The lowest BCUT2D eigenvalue weighted by atomic mass is 10.2. The Labute approximate surface area is 232 Å². The Morgan fingerprint density at radius 2 is 1.64 bits per heavy atom. The number of sulfonamides is 1. The van der Waals surface area contributed by atoms with Gasteiger partial charge >= 0.3 is 0 Å². The smallest absolute Gasteiger partial charge is 0.251 e. The number of nitrogens with zero attached hydrogens (tertiary/aromatic N) is 4. The number of piperazine rings is 1. The van der Waals surface area contributed by atoms with E-state index in [1.165, 1.54) is 16.4 Å². The molecule has 2 fully saturated rings. The van der Waals surface area contributed by atoms with Crippen LogP contribution in [0.2, 0.25) is 0 Å². The van der Waals surface area contributed by atoms with Gasteiger partial charge in [0.2, 0.25) is 10.0 Å². The number of amides is 1. The number of methoxy groups -OCH3 is 2. The van der Waals surface area contributed by atoms with E-state index in [1.54, 1.807) is 37.7 Å². The number of ether oxygens (including phenoxy) is 3. The second kappa shape index (κ2) is 12.0. The molecule has 210 valence electrons. The van der Waals surface area contributed by atoms with Gasteiger partial charge in [0.05, 0.1) is 32.3 Å². The Balaban J connectivity index is 1.10. The summed E-state index contributed by atoms with van der Waals surface area (Å²) in [6.07, 6.45) is 0. The van der Waals surface area contributed by atoms with Gasteiger partial charge in [-0.3, -0.25) is 9.69 Å². The summed E-state index contributed by atoms with van der Waals surface area (Å²) in [6.45, 7) is 6.05. The fraction of sp³-hybridized carbons (Fsp3) is 0.462. The highest BCUT2D eigenvalue weighted by molar-refractivity contribution is 7.89. The highest BCUT2D eigenvalue weighted by atomic mass is 32.2. The Hall–Kier alpha value is -2.97. The van der Waals surface area contributed by atoms with E-state index < -0.39 is 10.0 Å². The summed E-state index contributed by atoms with van der Waals surface area (Å²) >= 11 is 1.60. The van der Waals surface area contributed by atoms with Crippen LogP contribution >= 0.6 is 11.3 Å². The van der Waals surface area contributed by atoms with Crippen LogP contribution in [0.15, 0.2) is 41.3 Å². The van der Waals surface area contributed by atoms with Gasteiger partial charge in [0.1, 0.15) is 21.7 Å². The summed E-state index contributed by atoms with van der Waals surface area (Å²) in [5, 5.41) is 3.89. The predicted octanol–water partition coefficient (Wildman–Crippen LogP) is 1.89. The lowest BCUT2D eigenvalue weighted by Gasteiger charge is -2.34. The number of thiazole rings is 1. The zero-order chi connectivity index (χ0) is 27.4. The van der Waals surface area contributed by atoms with Crippen molar-refractivity contribution in [2.75, 3.05) is 84.7 Å². The van der Waals surface area contributed by atoms with E-state index in [1.807, 2.05) is 12.1 Å². The molecule has 0 spiro atoms. The van der Waals surface area contributed by atoms with Crippen molar-refractivity contribution in [2.45, 2.75) is 4.90 Å². The number of rotatable bonds is 9. The molecule has 0 unspecified atom stereocenters. The molecule has 11 nitrogen and oxygen atoms in total. The Bertz CT molecular complexity index is 1360. The molecule has 0 bridgehead atoms. The zero-order valence-corrected chi connectivity index (χ0v) is 23.7. The largest absolute Gasteiger partial charge is 0.495 e. The molecule has 0 radical (unpaired) electrons. The van der Waals surface area contributed by atoms with Crippen molar-refractivity contribution in [3.05, 3.63) is 42.0 Å². The summed E-state index contributed by atoms with van der Waals surface area (Å²) in [5.41, 5.74) is 1.25. The van der Waals surface area contributed by atoms with Crippen molar-refractivity contribution in [2.24, 2.45) is 0 Å². The lowest BCUT2D eigenvalue weighted by Crippen LogP contribution is -2.48. The molecule has 3 heterocycles. The molecular weight excluding hydrogens is 542 g/mol. The van der Waals surface area contributed by atoms with Gasteiger partial charge in [-0.25, -0.2) is 13.4 Å². The Morgan fingerprint density at radius 1 is 0.974 bits per heavy atom. The average Bonchev–Trinajstić information content (AvgIpc) is 3.43. The van der Waals surface area contributed by atoms with E-state index in [4.69, 9.17) is 19.2 Å². The Kier molecular flexibility index (Phi) is 8.52. The minimum atomic E-state index is -3.58. The van der Waals surface area contributed by atoms with Crippen molar-refractivity contribution in [3.8, 4) is 11.5 Å². The van der Waals surface area contributed by atoms with E-state index >= 15 is 0 Å². The molecule has 0 aliphatic carbocycles. The van der Waals surface area contributed by atoms with E-state index in [2.05, 4.69) is 15.1 Å². The van der Waals surface area contributed by atoms with Crippen molar-refractivity contribution < 1.29 is 27.4 Å². The summed E-state index contributed by atoms with van der Waals surface area (Å²) in [6, 6.07) is 9.88. The molecule has 2 aliphatic heterocycles. The number of hydrogen-bond donors (Lipinski definition) is 1. The molecule has 1 amide bonds. The van der Waals surface area contributed by atoms with Crippen LogP contribution in [0.3, 0.4) is 0 Å². The van der Waals surface area contributed by atoms with Crippen molar-refractivity contribution in [1.82, 2.24) is 19.5 Å². The van der Waals surface area contributed by atoms with Gasteiger partial charge in [-0.2, -0.15) is 4.31 Å². The second-order valence-electron chi connectivity index (χ2n) is 9.27. The highest BCUT2D eigenvalue weighted by Gasteiger charge is 2.26. The summed E-state index contributed by atoms with van der Waals surface area (Å²) in [7, 11) is -0.281. The lowest BCUT2D eigenvalue weighted by molar-refractivity contribution is 0.0730. The second-order valence-corrected chi connectivity index (χ2v) is 12.2. The predicted molar refractivity (Wildman–Crippen MR) is 150 cm³/mol. The first-order valence-electron chi connectivity index (χ1n) is 12.9. The quantitative estimate of drug-likeness (QED) is 0.409. The van der Waals surface area contributed by atoms with Crippen molar-refractivity contribution in [3.63, 3.8) is 0 Å². The molecule has 0 atom stereocenters. The van der Waals surface area contributed by atoms with Gasteiger partial charge < -0.3 is 24.4 Å². The van der Waals surface area contributed by atoms with E-state index in [9.17, 15) is 13.2 Å². The topological polar surface area (TPSA) is 114 Å². The molecule has 1 aromatic heterocycles. The number of benzene rings is 2. The third-order valence-corrected chi connectivity index (χ3v) is 10.0. The molecule has 2 aromatic carbocycles. The maximum absolute atomic E-state index is 12.8. The van der Waals surface area contributed by atoms with Crippen molar-refractivity contribution in [1.29, 1.82) is 0 Å². The maximum Gasteiger partial charge on any atom is 0.251 e.